The van der Waals surface area contributed by atoms with Gasteiger partial charge in [-0.2, -0.15) is 0 Å². The van der Waals surface area contributed by atoms with Crippen LogP contribution in [0.4, 0.5) is 0 Å². The summed E-state index contributed by atoms with van der Waals surface area (Å²) >= 11 is 3.73. The van der Waals surface area contributed by atoms with Gasteiger partial charge in [0.2, 0.25) is 17.7 Å². The summed E-state index contributed by atoms with van der Waals surface area (Å²) in [6.45, 7) is 10.8. The number of rotatable bonds is 21. The van der Waals surface area contributed by atoms with Crippen LogP contribution in [0.3, 0.4) is 0 Å². The molecule has 3 aliphatic heterocycles. The number of hydrogen-bond acceptors (Lipinski definition) is 8. The summed E-state index contributed by atoms with van der Waals surface area (Å²) in [5.74, 6) is -3.37. The Hall–Kier alpha value is -3.06. The first-order valence-electron chi connectivity index (χ1n) is 17.5. The highest BCUT2D eigenvalue weighted by Gasteiger charge is 2.77. The smallest absolute Gasteiger partial charge is 0.313 e. The van der Waals surface area contributed by atoms with Gasteiger partial charge in [0.15, 0.2) is 0 Å². The number of unbranched alkanes of at least 4 members (excludes halogenated alkanes) is 3. The molecule has 3 fully saturated rings. The summed E-state index contributed by atoms with van der Waals surface area (Å²) in [4.78, 5) is 59.3. The minimum atomic E-state index is -1.24. The number of methoxy groups -OCH3 is 1. The van der Waals surface area contributed by atoms with Crippen molar-refractivity contribution >= 4 is 39.6 Å². The second-order valence-corrected chi connectivity index (χ2v) is 14.3. The highest BCUT2D eigenvalue weighted by molar-refractivity contribution is 9.09. The van der Waals surface area contributed by atoms with E-state index in [9.17, 15) is 24.3 Å². The second-order valence-electron chi connectivity index (χ2n) is 13.1. The Kier molecular flexibility index (Phi) is 14.4. The number of carbonyl (C=O) groups excluding carboxylic acids is 4. The van der Waals surface area contributed by atoms with Crippen molar-refractivity contribution < 1.29 is 38.5 Å². The Labute approximate surface area is 298 Å². The van der Waals surface area contributed by atoms with E-state index in [1.807, 2.05) is 30.3 Å². The predicted octanol–water partition coefficient (Wildman–Crippen LogP) is 4.09. The minimum absolute atomic E-state index is 0.0422. The topological polar surface area (TPSA) is 135 Å². The SMILES string of the molecule is C=CCCC(=O)N[C@H](COC)[C@H](OC(=O)[C@H]1[C@@H]2O[C@@]3(CC2Br)[C@@H]1C(=O)N(CCCCO)[C@@H]3C(=O)N(CC=C)CCCCC)c1ccccc1. The lowest BCUT2D eigenvalue weighted by molar-refractivity contribution is -0.163. The van der Waals surface area contributed by atoms with Crippen molar-refractivity contribution in [1.29, 1.82) is 0 Å². The average Bonchev–Trinajstić information content (AvgIpc) is 3.69. The molecule has 270 valence electrons. The van der Waals surface area contributed by atoms with Crippen LogP contribution in [-0.2, 0) is 33.4 Å². The number of nitrogens with one attached hydrogen (secondary N) is 1. The number of allylic oxidation sites excluding steroid dienone is 1. The lowest BCUT2D eigenvalue weighted by Crippen LogP contribution is -2.57. The molecular formula is C37H52BrN3O8. The van der Waals surface area contributed by atoms with E-state index in [1.165, 1.54) is 7.11 Å². The zero-order valence-corrected chi connectivity index (χ0v) is 30.4. The van der Waals surface area contributed by atoms with Crippen LogP contribution < -0.4 is 5.32 Å². The Morgan fingerprint density at radius 2 is 1.94 bits per heavy atom. The Bertz CT molecular complexity index is 1310. The standard InChI is InChI=1S/C37H52BrN3O8/c1-5-8-13-20-40(19-7-3)35(45)33-37-23-26(38)32(49-37)29(30(37)34(44)41(33)21-14-15-22-42)36(46)48-31(25-16-11-10-12-17-25)27(24-47-4)39-28(43)18-9-6-2/h6-7,10-12,16-17,26-27,29-33,42H,2-3,5,8-9,13-15,18-24H2,1,4H3,(H,39,43)/t26?,27-,29-,30+,31-,32-,33-,37+/m1/s1. The Morgan fingerprint density at radius 1 is 1.18 bits per heavy atom. The van der Waals surface area contributed by atoms with Crippen LogP contribution >= 0.6 is 15.9 Å². The highest BCUT2D eigenvalue weighted by Crippen LogP contribution is 2.60. The number of alkyl halides is 1. The van der Waals surface area contributed by atoms with Crippen molar-refractivity contribution in [3.63, 3.8) is 0 Å². The number of likely N-dealkylation sites (tertiary alicyclic amines) is 1. The Morgan fingerprint density at radius 3 is 2.59 bits per heavy atom. The van der Waals surface area contributed by atoms with Gasteiger partial charge in [-0.05, 0) is 37.7 Å². The van der Waals surface area contributed by atoms with E-state index in [1.54, 1.807) is 22.0 Å². The third kappa shape index (κ3) is 8.46. The summed E-state index contributed by atoms with van der Waals surface area (Å²) in [5.41, 5.74) is -0.590. The molecule has 1 aromatic rings. The van der Waals surface area contributed by atoms with Gasteiger partial charge in [0, 0.05) is 44.6 Å². The maximum atomic E-state index is 14.5. The van der Waals surface area contributed by atoms with E-state index < -0.39 is 47.7 Å². The minimum Gasteiger partial charge on any atom is -0.455 e. The molecule has 49 heavy (non-hydrogen) atoms. The van der Waals surface area contributed by atoms with E-state index in [2.05, 4.69) is 41.3 Å². The fourth-order valence-electron chi connectivity index (χ4n) is 7.61. The van der Waals surface area contributed by atoms with E-state index in [0.29, 0.717) is 44.3 Å². The molecule has 0 aliphatic carbocycles. The molecule has 0 radical (unpaired) electrons. The maximum absolute atomic E-state index is 14.5. The number of fused-ring (bicyclic) bond motifs is 1. The molecule has 3 amide bonds. The second kappa shape index (κ2) is 18.3. The number of halogens is 1. The van der Waals surface area contributed by atoms with Gasteiger partial charge in [-0.3, -0.25) is 19.2 Å². The van der Waals surface area contributed by atoms with Gasteiger partial charge in [-0.1, -0.05) is 78.2 Å². The summed E-state index contributed by atoms with van der Waals surface area (Å²) in [5, 5.41) is 12.5. The van der Waals surface area contributed by atoms with E-state index in [-0.39, 0.29) is 48.7 Å². The maximum Gasteiger partial charge on any atom is 0.313 e. The summed E-state index contributed by atoms with van der Waals surface area (Å²) in [6.07, 6.45) is 6.48. The molecule has 0 saturated carbocycles. The van der Waals surface area contributed by atoms with Gasteiger partial charge >= 0.3 is 5.97 Å². The van der Waals surface area contributed by atoms with Gasteiger partial charge in [0.25, 0.3) is 0 Å². The van der Waals surface area contributed by atoms with Crippen molar-refractivity contribution in [2.75, 3.05) is 40.0 Å². The molecule has 11 nitrogen and oxygen atoms in total. The first kappa shape index (κ1) is 38.7. The van der Waals surface area contributed by atoms with E-state index >= 15 is 0 Å². The van der Waals surface area contributed by atoms with Crippen LogP contribution in [0.25, 0.3) is 0 Å². The quantitative estimate of drug-likeness (QED) is 0.0832. The number of aliphatic hydroxyl groups excluding tert-OH is 1. The van der Waals surface area contributed by atoms with Crippen molar-refractivity contribution in [1.82, 2.24) is 15.1 Å². The molecule has 2 bridgehead atoms. The molecule has 3 saturated heterocycles. The van der Waals surface area contributed by atoms with E-state index in [0.717, 1.165) is 19.3 Å². The molecule has 2 N–H and O–H groups in total. The Balaban J connectivity index is 1.70. The molecule has 12 heteroatoms. The molecule has 1 aromatic carbocycles. The van der Waals surface area contributed by atoms with Crippen LogP contribution in [-0.4, -0.2) is 107 Å². The third-order valence-electron chi connectivity index (χ3n) is 9.80. The number of carbonyl (C=O) groups is 4. The predicted molar refractivity (Wildman–Crippen MR) is 189 cm³/mol. The van der Waals surface area contributed by atoms with Crippen LogP contribution in [0.2, 0.25) is 0 Å². The number of hydrogen-bond donors (Lipinski definition) is 2. The molecule has 1 spiro atoms. The van der Waals surface area contributed by atoms with Gasteiger partial charge in [-0.25, -0.2) is 0 Å². The van der Waals surface area contributed by atoms with Crippen LogP contribution in [0, 0.1) is 11.8 Å². The van der Waals surface area contributed by atoms with E-state index in [4.69, 9.17) is 14.2 Å². The summed E-state index contributed by atoms with van der Waals surface area (Å²) in [6, 6.07) is 7.45. The van der Waals surface area contributed by atoms with Crippen LogP contribution in [0.1, 0.15) is 70.0 Å². The number of aliphatic hydroxyl groups is 1. The number of ether oxygens (including phenoxy) is 3. The molecule has 0 aromatic heterocycles. The normalized spacial score (nSPS) is 26.6. The van der Waals surface area contributed by atoms with Crippen molar-refractivity contribution in [2.24, 2.45) is 11.8 Å². The number of nitrogens with zero attached hydrogens (tertiary/aromatic N) is 2. The van der Waals surface area contributed by atoms with Crippen LogP contribution in [0.15, 0.2) is 55.6 Å². The molecule has 8 atom stereocenters. The van der Waals surface area contributed by atoms with Gasteiger partial charge in [-0.15, -0.1) is 13.2 Å². The zero-order chi connectivity index (χ0) is 35.6. The first-order valence-corrected chi connectivity index (χ1v) is 18.4. The lowest BCUT2D eigenvalue weighted by Gasteiger charge is -2.37. The first-order chi connectivity index (χ1) is 23.7. The van der Waals surface area contributed by atoms with Crippen molar-refractivity contribution in [3.8, 4) is 0 Å². The largest absolute Gasteiger partial charge is 0.455 e. The number of benzene rings is 1. The highest BCUT2D eigenvalue weighted by atomic mass is 79.9. The van der Waals surface area contributed by atoms with Gasteiger partial charge in [0.05, 0.1) is 30.6 Å². The summed E-state index contributed by atoms with van der Waals surface area (Å²) in [7, 11) is 1.51. The molecule has 3 heterocycles. The lowest BCUT2D eigenvalue weighted by atomic mass is 9.70. The average molecular weight is 747 g/mol. The molecule has 3 aliphatic rings. The van der Waals surface area contributed by atoms with Crippen molar-refractivity contribution in [2.45, 2.75) is 93.0 Å². The molecule has 4 rings (SSSR count). The van der Waals surface area contributed by atoms with Crippen molar-refractivity contribution in [3.05, 3.63) is 61.2 Å². The fourth-order valence-corrected chi connectivity index (χ4v) is 8.55. The molecule has 1 unspecified atom stereocenters. The zero-order valence-electron chi connectivity index (χ0n) is 28.8. The number of amides is 3. The third-order valence-corrected chi connectivity index (χ3v) is 10.6. The monoisotopic (exact) mass is 745 g/mol. The van der Waals surface area contributed by atoms with Crippen LogP contribution in [0.5, 0.6) is 0 Å². The fraction of sp³-hybridized carbons (Fsp3) is 0.622. The van der Waals surface area contributed by atoms with Gasteiger partial charge in [0.1, 0.15) is 17.7 Å². The molecular weight excluding hydrogens is 694 g/mol. The number of esters is 1. The summed E-state index contributed by atoms with van der Waals surface area (Å²) < 4.78 is 18.5. The van der Waals surface area contributed by atoms with Gasteiger partial charge < -0.3 is 34.4 Å².